The van der Waals surface area contributed by atoms with Crippen molar-refractivity contribution in [3.8, 4) is 5.75 Å². The lowest BCUT2D eigenvalue weighted by molar-refractivity contribution is -0.145. The average molecular weight is 278 g/mol. The lowest BCUT2D eigenvalue weighted by Crippen LogP contribution is -2.59. The van der Waals surface area contributed by atoms with Gasteiger partial charge < -0.3 is 20.1 Å². The molecule has 5 heteroatoms. The fraction of sp³-hybridized carbons (Fsp3) is 0.533. The van der Waals surface area contributed by atoms with Gasteiger partial charge in [0.05, 0.1) is 12.8 Å². The number of hydrogen-bond acceptors (Lipinski definition) is 4. The third-order valence-electron chi connectivity index (χ3n) is 4.09. The van der Waals surface area contributed by atoms with Crippen LogP contribution in [0.4, 0.5) is 5.69 Å². The molecule has 5 nitrogen and oxygen atoms in total. The van der Waals surface area contributed by atoms with E-state index in [1.807, 2.05) is 36.2 Å². The quantitative estimate of drug-likeness (QED) is 0.793. The molecule has 1 aliphatic rings. The van der Waals surface area contributed by atoms with Gasteiger partial charge in [0.2, 0.25) is 0 Å². The second kappa shape index (κ2) is 5.71. The molecule has 0 aliphatic heterocycles. The van der Waals surface area contributed by atoms with E-state index in [2.05, 4.69) is 5.32 Å². The van der Waals surface area contributed by atoms with Gasteiger partial charge in [-0.3, -0.25) is 4.79 Å². The smallest absolute Gasteiger partial charge is 0.326 e. The molecular weight excluding hydrogens is 256 g/mol. The molecule has 0 saturated heterocycles. The first-order chi connectivity index (χ1) is 9.55. The molecule has 1 aliphatic carbocycles. The maximum absolute atomic E-state index is 11.7. The van der Waals surface area contributed by atoms with Crippen molar-refractivity contribution < 1.29 is 14.6 Å². The van der Waals surface area contributed by atoms with E-state index < -0.39 is 11.5 Å². The van der Waals surface area contributed by atoms with Crippen LogP contribution in [0.25, 0.3) is 0 Å². The number of carboxylic acid groups (broad SMARTS) is 1. The van der Waals surface area contributed by atoms with Crippen LogP contribution >= 0.6 is 0 Å². The Morgan fingerprint density at radius 2 is 2.15 bits per heavy atom. The molecule has 0 aromatic heterocycles. The van der Waals surface area contributed by atoms with Crippen LogP contribution in [-0.2, 0) is 4.79 Å². The van der Waals surface area contributed by atoms with Crippen LogP contribution in [0.5, 0.6) is 5.75 Å². The zero-order valence-electron chi connectivity index (χ0n) is 12.2. The van der Waals surface area contributed by atoms with Crippen molar-refractivity contribution in [1.82, 2.24) is 5.32 Å². The molecule has 1 aromatic carbocycles. The summed E-state index contributed by atoms with van der Waals surface area (Å²) in [7, 11) is 5.24. The van der Waals surface area contributed by atoms with Crippen LogP contribution in [0.3, 0.4) is 0 Å². The number of likely N-dealkylation sites (N-methyl/N-ethyl adjacent to an activating group) is 2. The molecule has 0 spiro atoms. The predicted molar refractivity (Wildman–Crippen MR) is 78.4 cm³/mol. The van der Waals surface area contributed by atoms with Crippen molar-refractivity contribution in [2.24, 2.45) is 5.92 Å². The third kappa shape index (κ3) is 2.58. The number of nitrogens with one attached hydrogen (secondary N) is 1. The predicted octanol–water partition coefficient (Wildman–Crippen LogP) is 1.58. The molecule has 1 atom stereocenters. The van der Waals surface area contributed by atoms with Crippen LogP contribution in [0.1, 0.15) is 12.8 Å². The molecule has 1 fully saturated rings. The van der Waals surface area contributed by atoms with Gasteiger partial charge in [-0.25, -0.2) is 0 Å². The molecule has 2 N–H and O–H groups in total. The SMILES string of the molecule is CNC(CN(C)c1ccccc1OC)(C(=O)O)C1CC1. The number of anilines is 1. The first-order valence-corrected chi connectivity index (χ1v) is 6.81. The summed E-state index contributed by atoms with van der Waals surface area (Å²) in [6.07, 6.45) is 1.93. The molecule has 1 unspecified atom stereocenters. The molecule has 1 saturated carbocycles. The molecule has 0 radical (unpaired) electrons. The van der Waals surface area contributed by atoms with Crippen molar-refractivity contribution in [3.05, 3.63) is 24.3 Å². The average Bonchev–Trinajstić information content (AvgIpc) is 3.29. The number of aliphatic carboxylic acids is 1. The van der Waals surface area contributed by atoms with E-state index in [1.54, 1.807) is 14.2 Å². The van der Waals surface area contributed by atoms with Gasteiger partial charge in [-0.2, -0.15) is 0 Å². The van der Waals surface area contributed by atoms with Crippen LogP contribution < -0.4 is 15.0 Å². The Hall–Kier alpha value is -1.75. The Balaban J connectivity index is 2.24. The van der Waals surface area contributed by atoms with Gasteiger partial charge in [0, 0.05) is 13.6 Å². The summed E-state index contributed by atoms with van der Waals surface area (Å²) in [6.45, 7) is 0.407. The van der Waals surface area contributed by atoms with Crippen LogP contribution in [0.15, 0.2) is 24.3 Å². The molecule has 0 heterocycles. The van der Waals surface area contributed by atoms with Gasteiger partial charge in [-0.1, -0.05) is 12.1 Å². The highest BCUT2D eigenvalue weighted by atomic mass is 16.5. The lowest BCUT2D eigenvalue weighted by atomic mass is 9.92. The highest BCUT2D eigenvalue weighted by Crippen LogP contribution is 2.41. The molecule has 2 rings (SSSR count). The zero-order chi connectivity index (χ0) is 14.8. The highest BCUT2D eigenvalue weighted by molar-refractivity contribution is 5.81. The van der Waals surface area contributed by atoms with E-state index in [0.29, 0.717) is 6.54 Å². The van der Waals surface area contributed by atoms with Gasteiger partial charge in [-0.05, 0) is 37.9 Å². The summed E-state index contributed by atoms with van der Waals surface area (Å²) in [6, 6.07) is 7.64. The van der Waals surface area contributed by atoms with E-state index in [-0.39, 0.29) is 5.92 Å². The van der Waals surface area contributed by atoms with Crippen LogP contribution in [-0.4, -0.2) is 44.4 Å². The van der Waals surface area contributed by atoms with Gasteiger partial charge in [-0.15, -0.1) is 0 Å². The number of methoxy groups -OCH3 is 1. The van der Waals surface area contributed by atoms with Gasteiger partial charge in [0.1, 0.15) is 11.3 Å². The summed E-state index contributed by atoms with van der Waals surface area (Å²) in [5.74, 6) is 0.160. The Labute approximate surface area is 119 Å². The summed E-state index contributed by atoms with van der Waals surface area (Å²) >= 11 is 0. The summed E-state index contributed by atoms with van der Waals surface area (Å²) < 4.78 is 5.34. The van der Waals surface area contributed by atoms with Crippen LogP contribution in [0, 0.1) is 5.92 Å². The van der Waals surface area contributed by atoms with E-state index in [4.69, 9.17) is 4.74 Å². The fourth-order valence-corrected chi connectivity index (χ4v) is 2.74. The molecule has 0 bridgehead atoms. The van der Waals surface area contributed by atoms with Gasteiger partial charge in [0.25, 0.3) is 0 Å². The zero-order valence-corrected chi connectivity index (χ0v) is 12.2. The normalized spacial score (nSPS) is 17.4. The number of ether oxygens (including phenoxy) is 1. The van der Waals surface area contributed by atoms with Crippen LogP contribution in [0.2, 0.25) is 0 Å². The Kier molecular flexibility index (Phi) is 4.18. The summed E-state index contributed by atoms with van der Waals surface area (Å²) in [5, 5.41) is 12.7. The van der Waals surface area contributed by atoms with Crippen molar-refractivity contribution in [1.29, 1.82) is 0 Å². The van der Waals surface area contributed by atoms with Crippen molar-refractivity contribution in [3.63, 3.8) is 0 Å². The lowest BCUT2D eigenvalue weighted by Gasteiger charge is -2.35. The number of rotatable bonds is 7. The van der Waals surface area contributed by atoms with E-state index in [0.717, 1.165) is 24.3 Å². The topological polar surface area (TPSA) is 61.8 Å². The first kappa shape index (κ1) is 14.7. The highest BCUT2D eigenvalue weighted by Gasteiger charge is 2.51. The van der Waals surface area contributed by atoms with E-state index >= 15 is 0 Å². The molecule has 20 heavy (non-hydrogen) atoms. The number of hydrogen-bond donors (Lipinski definition) is 2. The minimum atomic E-state index is -0.893. The van der Waals surface area contributed by atoms with Gasteiger partial charge >= 0.3 is 5.97 Å². The second-order valence-electron chi connectivity index (χ2n) is 5.33. The number of nitrogens with zero attached hydrogens (tertiary/aromatic N) is 1. The molecular formula is C15H22N2O3. The van der Waals surface area contributed by atoms with E-state index in [9.17, 15) is 9.90 Å². The number of para-hydroxylation sites is 2. The third-order valence-corrected chi connectivity index (χ3v) is 4.09. The minimum absolute atomic E-state index is 0.196. The Bertz CT molecular complexity index is 488. The largest absolute Gasteiger partial charge is 0.495 e. The maximum Gasteiger partial charge on any atom is 0.326 e. The summed E-state index contributed by atoms with van der Waals surface area (Å²) in [5.41, 5.74) is 0.00631. The Morgan fingerprint density at radius 3 is 2.65 bits per heavy atom. The molecule has 0 amide bonds. The standard InChI is InChI=1S/C15H22N2O3/c1-16-15(14(18)19,11-8-9-11)10-17(2)12-6-4-5-7-13(12)20-3/h4-7,11,16H,8-10H2,1-3H3,(H,18,19). The Morgan fingerprint density at radius 1 is 1.50 bits per heavy atom. The van der Waals surface area contributed by atoms with Crippen molar-refractivity contribution in [2.45, 2.75) is 18.4 Å². The van der Waals surface area contributed by atoms with E-state index in [1.165, 1.54) is 0 Å². The first-order valence-electron chi connectivity index (χ1n) is 6.81. The summed E-state index contributed by atoms with van der Waals surface area (Å²) in [4.78, 5) is 13.7. The number of benzene rings is 1. The van der Waals surface area contributed by atoms with Crippen molar-refractivity contribution in [2.75, 3.05) is 32.6 Å². The van der Waals surface area contributed by atoms with Crippen molar-refractivity contribution >= 4 is 11.7 Å². The fourth-order valence-electron chi connectivity index (χ4n) is 2.74. The minimum Gasteiger partial charge on any atom is -0.495 e. The maximum atomic E-state index is 11.7. The monoisotopic (exact) mass is 278 g/mol. The molecule has 110 valence electrons. The number of carboxylic acids is 1. The number of carbonyl (C=O) groups is 1. The van der Waals surface area contributed by atoms with Gasteiger partial charge in [0.15, 0.2) is 0 Å². The second-order valence-corrected chi connectivity index (χ2v) is 5.33. The molecule has 1 aromatic rings.